The third-order valence-corrected chi connectivity index (χ3v) is 8.83. The Morgan fingerprint density at radius 2 is 1.40 bits per heavy atom. The van der Waals surface area contributed by atoms with Gasteiger partial charge in [0.25, 0.3) is 0 Å². The molecular weight excluding hydrogens is 324 g/mol. The van der Waals surface area contributed by atoms with Crippen LogP contribution in [0.2, 0.25) is 11.1 Å². The fourth-order valence-electron chi connectivity index (χ4n) is 3.07. The molecule has 0 aliphatic heterocycles. The van der Waals surface area contributed by atoms with Gasteiger partial charge in [0.05, 0.1) is 12.2 Å². The molecule has 3 heteroatoms. The van der Waals surface area contributed by atoms with E-state index in [9.17, 15) is 0 Å². The van der Waals surface area contributed by atoms with Crippen molar-refractivity contribution in [3.05, 3.63) is 72.9 Å². The van der Waals surface area contributed by atoms with Gasteiger partial charge >= 0.3 is 8.56 Å². The van der Waals surface area contributed by atoms with E-state index in [2.05, 4.69) is 58.6 Å². The smallest absolute Gasteiger partial charge is 0.344 e. The molecule has 0 radical (unpaired) electrons. The summed E-state index contributed by atoms with van der Waals surface area (Å²) in [4.78, 5) is 0. The number of benzene rings is 1. The lowest BCUT2D eigenvalue weighted by Crippen LogP contribution is -2.50. The number of hydrogen-bond acceptors (Lipinski definition) is 2. The summed E-state index contributed by atoms with van der Waals surface area (Å²) in [5.74, 6) is 0. The van der Waals surface area contributed by atoms with Crippen LogP contribution in [0.25, 0.3) is 0 Å². The largest absolute Gasteiger partial charge is 0.384 e. The van der Waals surface area contributed by atoms with Gasteiger partial charge in [0.15, 0.2) is 0 Å². The number of allylic oxidation sites excluding steroid dienone is 2. The molecule has 0 aliphatic rings. The second-order valence-corrected chi connectivity index (χ2v) is 11.1. The quantitative estimate of drug-likeness (QED) is 0.341. The maximum Gasteiger partial charge on any atom is 0.344 e. The molecule has 0 bridgehead atoms. The lowest BCUT2D eigenvalue weighted by Gasteiger charge is -2.41. The first kappa shape index (κ1) is 21.6. The van der Waals surface area contributed by atoms with Gasteiger partial charge in [-0.2, -0.15) is 0 Å². The van der Waals surface area contributed by atoms with E-state index in [-0.39, 0.29) is 12.2 Å². The summed E-state index contributed by atoms with van der Waals surface area (Å²) in [7, 11) is -2.53. The van der Waals surface area contributed by atoms with Crippen molar-refractivity contribution in [3.63, 3.8) is 0 Å². The van der Waals surface area contributed by atoms with Gasteiger partial charge in [0.1, 0.15) is 0 Å². The summed E-state index contributed by atoms with van der Waals surface area (Å²) >= 11 is 0. The monoisotopic (exact) mass is 358 g/mol. The van der Waals surface area contributed by atoms with E-state index < -0.39 is 8.56 Å². The zero-order valence-corrected chi connectivity index (χ0v) is 17.6. The Bertz CT molecular complexity index is 541. The van der Waals surface area contributed by atoms with Crippen LogP contribution >= 0.6 is 0 Å². The van der Waals surface area contributed by atoms with Crippen LogP contribution in [-0.4, -0.2) is 14.7 Å². The molecule has 0 amide bonds. The van der Waals surface area contributed by atoms with Gasteiger partial charge in [-0.05, 0) is 30.5 Å². The highest BCUT2D eigenvalue weighted by molar-refractivity contribution is 6.70. The van der Waals surface area contributed by atoms with Crippen molar-refractivity contribution >= 4 is 8.56 Å². The minimum Gasteiger partial charge on any atom is -0.384 e. The molecule has 1 aromatic carbocycles. The van der Waals surface area contributed by atoms with E-state index in [1.165, 1.54) is 0 Å². The van der Waals surface area contributed by atoms with Crippen LogP contribution in [0.4, 0.5) is 0 Å². The minimum absolute atomic E-state index is 0.0623. The molecule has 0 N–H and O–H groups in total. The SMILES string of the molecule is C=CC(O[Si](OC(/C=C/C)/C=C/C)(C(C)C)C(C)C)c1ccccc1. The van der Waals surface area contributed by atoms with E-state index in [1.54, 1.807) is 0 Å². The highest BCUT2D eigenvalue weighted by Gasteiger charge is 2.47. The van der Waals surface area contributed by atoms with Crippen molar-refractivity contribution in [2.45, 2.75) is 64.8 Å². The summed E-state index contributed by atoms with van der Waals surface area (Å²) < 4.78 is 13.4. The van der Waals surface area contributed by atoms with E-state index in [0.717, 1.165) is 5.56 Å². The second kappa shape index (κ2) is 10.5. The maximum atomic E-state index is 6.75. The van der Waals surface area contributed by atoms with Gasteiger partial charge in [-0.3, -0.25) is 0 Å². The van der Waals surface area contributed by atoms with Crippen molar-refractivity contribution < 1.29 is 8.85 Å². The van der Waals surface area contributed by atoms with Crippen LogP contribution < -0.4 is 0 Å². The molecule has 1 unspecified atom stereocenters. The lowest BCUT2D eigenvalue weighted by atomic mass is 10.1. The first-order chi connectivity index (χ1) is 11.9. The Kier molecular flexibility index (Phi) is 9.12. The van der Waals surface area contributed by atoms with Gasteiger partial charge in [-0.1, -0.05) is 88.4 Å². The lowest BCUT2D eigenvalue weighted by molar-refractivity contribution is 0.115. The van der Waals surface area contributed by atoms with Crippen molar-refractivity contribution in [2.24, 2.45) is 0 Å². The first-order valence-electron chi connectivity index (χ1n) is 9.20. The predicted octanol–water partition coefficient (Wildman–Crippen LogP) is 6.73. The van der Waals surface area contributed by atoms with Crippen LogP contribution in [-0.2, 0) is 8.85 Å². The number of rotatable bonds is 10. The summed E-state index contributed by atoms with van der Waals surface area (Å²) in [6.07, 6.45) is 9.90. The zero-order valence-electron chi connectivity index (χ0n) is 16.6. The molecule has 138 valence electrons. The van der Waals surface area contributed by atoms with E-state index >= 15 is 0 Å². The van der Waals surface area contributed by atoms with Crippen LogP contribution in [0.5, 0.6) is 0 Å². The standard InChI is InChI=1S/C22H34O2Si/c1-8-14-21(15-9-2)23-25(18(4)5,19(6)7)24-22(10-3)20-16-12-11-13-17-20/h8-19,21-22H,3H2,1-2,4-7H3/b14-8+,15-9+. The minimum atomic E-state index is -2.53. The molecule has 0 saturated heterocycles. The van der Waals surface area contributed by atoms with E-state index in [1.807, 2.05) is 50.3 Å². The highest BCUT2D eigenvalue weighted by atomic mass is 28.4. The van der Waals surface area contributed by atoms with Gasteiger partial charge < -0.3 is 8.85 Å². The van der Waals surface area contributed by atoms with Crippen LogP contribution in [0.15, 0.2) is 67.3 Å². The molecule has 25 heavy (non-hydrogen) atoms. The second-order valence-electron chi connectivity index (χ2n) is 6.85. The molecule has 0 saturated carbocycles. The van der Waals surface area contributed by atoms with Crippen LogP contribution in [0, 0.1) is 0 Å². The molecule has 0 aliphatic carbocycles. The van der Waals surface area contributed by atoms with Gasteiger partial charge in [-0.15, -0.1) is 6.58 Å². The summed E-state index contributed by atoms with van der Waals surface area (Å²) in [6.45, 7) is 16.9. The molecule has 0 fully saturated rings. The molecule has 0 heterocycles. The van der Waals surface area contributed by atoms with E-state index in [0.29, 0.717) is 11.1 Å². The topological polar surface area (TPSA) is 18.5 Å². The summed E-state index contributed by atoms with van der Waals surface area (Å²) in [6, 6.07) is 10.3. The molecule has 0 spiro atoms. The average Bonchev–Trinajstić information content (AvgIpc) is 2.59. The Hall–Kier alpha value is -1.42. The number of hydrogen-bond donors (Lipinski definition) is 0. The molecular formula is C22H34O2Si. The van der Waals surface area contributed by atoms with Crippen molar-refractivity contribution in [3.8, 4) is 0 Å². The molecule has 1 aromatic rings. The fraction of sp³-hybridized carbons (Fsp3) is 0.455. The first-order valence-corrected chi connectivity index (χ1v) is 11.2. The Morgan fingerprint density at radius 1 is 0.880 bits per heavy atom. The van der Waals surface area contributed by atoms with Crippen molar-refractivity contribution in [1.82, 2.24) is 0 Å². The maximum absolute atomic E-state index is 6.75. The van der Waals surface area contributed by atoms with Crippen LogP contribution in [0.3, 0.4) is 0 Å². The van der Waals surface area contributed by atoms with Crippen LogP contribution in [0.1, 0.15) is 53.2 Å². The molecule has 0 aromatic heterocycles. The van der Waals surface area contributed by atoms with E-state index in [4.69, 9.17) is 8.85 Å². The third-order valence-electron chi connectivity index (χ3n) is 4.35. The van der Waals surface area contributed by atoms with Crippen molar-refractivity contribution in [2.75, 3.05) is 0 Å². The summed E-state index contributed by atoms with van der Waals surface area (Å²) in [5.41, 5.74) is 1.75. The molecule has 1 rings (SSSR count). The molecule has 2 nitrogen and oxygen atoms in total. The fourth-order valence-corrected chi connectivity index (χ4v) is 6.76. The molecule has 1 atom stereocenters. The predicted molar refractivity (Wildman–Crippen MR) is 111 cm³/mol. The Morgan fingerprint density at radius 3 is 1.80 bits per heavy atom. The summed E-state index contributed by atoms with van der Waals surface area (Å²) in [5, 5.41) is 0. The third kappa shape index (κ3) is 5.81. The zero-order chi connectivity index (χ0) is 18.9. The van der Waals surface area contributed by atoms with Crippen molar-refractivity contribution in [1.29, 1.82) is 0 Å². The average molecular weight is 359 g/mol. The highest BCUT2D eigenvalue weighted by Crippen LogP contribution is 2.40. The van der Waals surface area contributed by atoms with Gasteiger partial charge in [0, 0.05) is 0 Å². The van der Waals surface area contributed by atoms with Gasteiger partial charge in [-0.25, -0.2) is 0 Å². The normalized spacial score (nSPS) is 14.3. The Labute approximate surface area is 155 Å². The van der Waals surface area contributed by atoms with Gasteiger partial charge in [0.2, 0.25) is 0 Å². The Balaban J connectivity index is 3.24.